The van der Waals surface area contributed by atoms with E-state index in [1.807, 2.05) is 0 Å². The Kier molecular flexibility index (Phi) is 8.94. The van der Waals surface area contributed by atoms with Crippen LogP contribution in [0.15, 0.2) is 18.2 Å². The maximum absolute atomic E-state index is 13.7. The second kappa shape index (κ2) is 10.2. The Morgan fingerprint density at radius 3 is 3.00 bits per heavy atom. The summed E-state index contributed by atoms with van der Waals surface area (Å²) in [5.74, 6) is -0.676. The Morgan fingerprint density at radius 1 is 1.58 bits per heavy atom. The van der Waals surface area contributed by atoms with E-state index >= 15 is 0 Å². The molecule has 0 spiro atoms. The van der Waals surface area contributed by atoms with Crippen LogP contribution in [0.25, 0.3) is 0 Å². The fraction of sp³-hybridized carbons (Fsp3) is 0.562. The van der Waals surface area contributed by atoms with Gasteiger partial charge in [-0.25, -0.2) is 4.39 Å². The smallest absolute Gasteiger partial charge is 0.248 e. The van der Waals surface area contributed by atoms with E-state index in [-0.39, 0.29) is 35.4 Å². The van der Waals surface area contributed by atoms with E-state index in [1.165, 1.54) is 19.2 Å². The molecule has 0 radical (unpaired) electrons. The van der Waals surface area contributed by atoms with E-state index in [4.69, 9.17) is 21.1 Å². The Morgan fingerprint density at radius 2 is 2.33 bits per heavy atom. The van der Waals surface area contributed by atoms with Gasteiger partial charge in [-0.1, -0.05) is 17.7 Å². The molecule has 0 saturated carbocycles. The van der Waals surface area contributed by atoms with Crippen molar-refractivity contribution in [1.82, 2.24) is 10.6 Å². The highest BCUT2D eigenvalue weighted by molar-refractivity contribution is 6.30. The molecular weight excluding hydrogens is 358 g/mol. The molecule has 1 aliphatic rings. The van der Waals surface area contributed by atoms with Crippen molar-refractivity contribution in [2.24, 2.45) is 5.92 Å². The van der Waals surface area contributed by atoms with Gasteiger partial charge in [0.25, 0.3) is 0 Å². The van der Waals surface area contributed by atoms with Gasteiger partial charge in [-0.3, -0.25) is 4.79 Å². The number of methoxy groups -OCH3 is 1. The van der Waals surface area contributed by atoms with E-state index in [0.29, 0.717) is 26.2 Å². The van der Waals surface area contributed by atoms with Crippen molar-refractivity contribution in [1.29, 1.82) is 0 Å². The van der Waals surface area contributed by atoms with Crippen molar-refractivity contribution >= 4 is 29.9 Å². The molecular formula is C16H23Cl2FN2O3. The van der Waals surface area contributed by atoms with Gasteiger partial charge in [-0.05, 0) is 24.6 Å². The van der Waals surface area contributed by atoms with Crippen LogP contribution in [0, 0.1) is 11.7 Å². The summed E-state index contributed by atoms with van der Waals surface area (Å²) < 4.78 is 24.6. The summed E-state index contributed by atoms with van der Waals surface area (Å²) in [5.41, 5.74) is 0.717. The highest BCUT2D eigenvalue weighted by Crippen LogP contribution is 2.29. The third-order valence-corrected chi connectivity index (χ3v) is 4.25. The number of ether oxygens (including phenoxy) is 2. The van der Waals surface area contributed by atoms with Crippen LogP contribution in [0.2, 0.25) is 5.02 Å². The Bertz CT molecular complexity index is 548. The van der Waals surface area contributed by atoms with Gasteiger partial charge in [0.1, 0.15) is 11.9 Å². The molecule has 24 heavy (non-hydrogen) atoms. The van der Waals surface area contributed by atoms with Crippen LogP contribution in [-0.4, -0.2) is 45.4 Å². The number of amides is 1. The van der Waals surface area contributed by atoms with Gasteiger partial charge in [0, 0.05) is 32.7 Å². The first kappa shape index (κ1) is 21.1. The zero-order valence-corrected chi connectivity index (χ0v) is 15.3. The number of hydrogen-bond donors (Lipinski definition) is 2. The van der Waals surface area contributed by atoms with Gasteiger partial charge in [-0.2, -0.15) is 0 Å². The summed E-state index contributed by atoms with van der Waals surface area (Å²) >= 11 is 5.74. The number of carbonyl (C=O) groups is 1. The lowest BCUT2D eigenvalue weighted by Gasteiger charge is -2.26. The van der Waals surface area contributed by atoms with Crippen LogP contribution in [0.4, 0.5) is 4.39 Å². The standard InChI is InChI=1S/C16H22ClFN2O3.ClH/c1-10(22-2)16(21)20-9-12-8-19-5-6-23-15(12)11-3-4-13(17)14(18)7-11;/h3-4,7,10,12,15,19H,5-6,8-9H2,1-2H3,(H,20,21);1H/t10?,12-,15-;/m0./s1. The molecule has 1 unspecified atom stereocenters. The predicted molar refractivity (Wildman–Crippen MR) is 93.2 cm³/mol. The summed E-state index contributed by atoms with van der Waals surface area (Å²) in [5, 5.41) is 6.20. The second-order valence-electron chi connectivity index (χ2n) is 5.55. The van der Waals surface area contributed by atoms with Crippen molar-refractivity contribution in [3.63, 3.8) is 0 Å². The van der Waals surface area contributed by atoms with Crippen molar-refractivity contribution in [3.05, 3.63) is 34.6 Å². The number of rotatable bonds is 5. The monoisotopic (exact) mass is 380 g/mol. The quantitative estimate of drug-likeness (QED) is 0.822. The maximum Gasteiger partial charge on any atom is 0.248 e. The Labute approximate surface area is 152 Å². The first-order valence-corrected chi connectivity index (χ1v) is 7.98. The van der Waals surface area contributed by atoms with Crippen molar-refractivity contribution in [2.45, 2.75) is 19.1 Å². The molecule has 1 aromatic carbocycles. The highest BCUT2D eigenvalue weighted by Gasteiger charge is 2.27. The zero-order valence-electron chi connectivity index (χ0n) is 13.7. The molecule has 0 bridgehead atoms. The molecule has 136 valence electrons. The molecule has 8 heteroatoms. The number of benzene rings is 1. The lowest BCUT2D eigenvalue weighted by atomic mass is 9.95. The number of carbonyl (C=O) groups excluding carboxylic acids is 1. The highest BCUT2D eigenvalue weighted by atomic mass is 35.5. The minimum atomic E-state index is -0.513. The molecule has 0 aromatic heterocycles. The summed E-state index contributed by atoms with van der Waals surface area (Å²) in [6.45, 7) is 3.99. The number of halogens is 3. The molecule has 1 saturated heterocycles. The average Bonchev–Trinajstić information content (AvgIpc) is 2.79. The molecule has 2 rings (SSSR count). The lowest BCUT2D eigenvalue weighted by molar-refractivity contribution is -0.130. The average molecular weight is 381 g/mol. The SMILES string of the molecule is COC(C)C(=O)NC[C@@H]1CNCCO[C@H]1c1ccc(Cl)c(F)c1.Cl. The van der Waals surface area contributed by atoms with Crippen LogP contribution in [0.1, 0.15) is 18.6 Å². The van der Waals surface area contributed by atoms with Gasteiger partial charge in [0.2, 0.25) is 5.91 Å². The largest absolute Gasteiger partial charge is 0.372 e. The van der Waals surface area contributed by atoms with Gasteiger partial charge >= 0.3 is 0 Å². The summed E-state index contributed by atoms with van der Waals surface area (Å²) in [4.78, 5) is 11.9. The van der Waals surface area contributed by atoms with Crippen LogP contribution in [-0.2, 0) is 14.3 Å². The molecule has 1 heterocycles. The zero-order chi connectivity index (χ0) is 16.8. The van der Waals surface area contributed by atoms with Crippen molar-refractivity contribution in [2.75, 3.05) is 33.4 Å². The summed E-state index contributed by atoms with van der Waals surface area (Å²) in [6, 6.07) is 4.68. The summed E-state index contributed by atoms with van der Waals surface area (Å²) in [7, 11) is 1.49. The minimum absolute atomic E-state index is 0. The first-order chi connectivity index (χ1) is 11.0. The molecule has 5 nitrogen and oxygen atoms in total. The van der Waals surface area contributed by atoms with E-state index in [0.717, 1.165) is 5.56 Å². The van der Waals surface area contributed by atoms with Crippen LogP contribution < -0.4 is 10.6 Å². The fourth-order valence-corrected chi connectivity index (χ4v) is 2.63. The minimum Gasteiger partial charge on any atom is -0.372 e. The molecule has 3 atom stereocenters. The van der Waals surface area contributed by atoms with E-state index in [2.05, 4.69) is 10.6 Å². The lowest BCUT2D eigenvalue weighted by Crippen LogP contribution is -2.40. The third-order valence-electron chi connectivity index (χ3n) is 3.94. The van der Waals surface area contributed by atoms with E-state index in [1.54, 1.807) is 13.0 Å². The summed E-state index contributed by atoms with van der Waals surface area (Å²) in [6.07, 6.45) is -0.823. The molecule has 1 aliphatic heterocycles. The van der Waals surface area contributed by atoms with E-state index < -0.39 is 11.9 Å². The first-order valence-electron chi connectivity index (χ1n) is 7.60. The fourth-order valence-electron chi connectivity index (χ4n) is 2.51. The topological polar surface area (TPSA) is 59.6 Å². The van der Waals surface area contributed by atoms with E-state index in [9.17, 15) is 9.18 Å². The van der Waals surface area contributed by atoms with Crippen LogP contribution >= 0.6 is 24.0 Å². The maximum atomic E-state index is 13.7. The molecule has 0 aliphatic carbocycles. The second-order valence-corrected chi connectivity index (χ2v) is 5.96. The predicted octanol–water partition coefficient (Wildman–Crippen LogP) is 2.33. The molecule has 1 aromatic rings. The van der Waals surface area contributed by atoms with Gasteiger partial charge in [0.15, 0.2) is 0 Å². The Hall–Kier alpha value is -0.920. The number of hydrogen-bond acceptors (Lipinski definition) is 4. The van der Waals surface area contributed by atoms with Gasteiger partial charge < -0.3 is 20.1 Å². The van der Waals surface area contributed by atoms with Gasteiger partial charge in [0.05, 0.1) is 17.7 Å². The number of nitrogens with one attached hydrogen (secondary N) is 2. The van der Waals surface area contributed by atoms with Crippen molar-refractivity contribution < 1.29 is 18.7 Å². The van der Waals surface area contributed by atoms with Crippen LogP contribution in [0.3, 0.4) is 0 Å². The third kappa shape index (κ3) is 5.57. The van der Waals surface area contributed by atoms with Crippen molar-refractivity contribution in [3.8, 4) is 0 Å². The molecule has 2 N–H and O–H groups in total. The molecule has 1 fully saturated rings. The van der Waals surface area contributed by atoms with Crippen LogP contribution in [0.5, 0.6) is 0 Å². The molecule has 1 amide bonds. The normalized spacial score (nSPS) is 22.2. The van der Waals surface area contributed by atoms with Gasteiger partial charge in [-0.15, -0.1) is 12.4 Å². The Balaban J connectivity index is 0.00000288.